The van der Waals surface area contributed by atoms with E-state index in [9.17, 15) is 4.39 Å². The van der Waals surface area contributed by atoms with Gasteiger partial charge in [-0.15, -0.1) is 0 Å². The van der Waals surface area contributed by atoms with E-state index in [2.05, 4.69) is 5.32 Å². The highest BCUT2D eigenvalue weighted by Gasteiger charge is 2.08. The Bertz CT molecular complexity index is 569. The third-order valence-corrected chi connectivity index (χ3v) is 3.15. The molecule has 106 valence electrons. The number of methoxy groups -OCH3 is 2. The van der Waals surface area contributed by atoms with Gasteiger partial charge in [0.1, 0.15) is 5.75 Å². The molecule has 1 N–H and O–H groups in total. The molecular formula is C16H18FNO2. The Morgan fingerprint density at radius 3 is 2.25 bits per heavy atom. The summed E-state index contributed by atoms with van der Waals surface area (Å²) in [7, 11) is 3.09. The van der Waals surface area contributed by atoms with Crippen molar-refractivity contribution in [2.75, 3.05) is 19.5 Å². The van der Waals surface area contributed by atoms with E-state index in [0.29, 0.717) is 5.69 Å². The highest BCUT2D eigenvalue weighted by atomic mass is 19.1. The summed E-state index contributed by atoms with van der Waals surface area (Å²) >= 11 is 0. The Morgan fingerprint density at radius 2 is 1.70 bits per heavy atom. The fraction of sp³-hybridized carbons (Fsp3) is 0.250. The largest absolute Gasteiger partial charge is 0.497 e. The first kappa shape index (κ1) is 14.2. The fourth-order valence-electron chi connectivity index (χ4n) is 1.98. The summed E-state index contributed by atoms with van der Waals surface area (Å²) in [6.45, 7) is 2.02. The number of hydrogen-bond acceptors (Lipinski definition) is 3. The molecule has 0 aliphatic heterocycles. The summed E-state index contributed by atoms with van der Waals surface area (Å²) in [4.78, 5) is 0. The Balaban J connectivity index is 2.10. The van der Waals surface area contributed by atoms with Gasteiger partial charge in [-0.1, -0.05) is 12.1 Å². The second-order valence-electron chi connectivity index (χ2n) is 4.49. The van der Waals surface area contributed by atoms with Crippen LogP contribution in [0, 0.1) is 5.82 Å². The minimum absolute atomic E-state index is 0.0636. The normalized spacial score (nSPS) is 11.8. The lowest BCUT2D eigenvalue weighted by Crippen LogP contribution is -2.06. The summed E-state index contributed by atoms with van der Waals surface area (Å²) in [5, 5.41) is 3.25. The van der Waals surface area contributed by atoms with E-state index in [0.717, 1.165) is 11.3 Å². The van der Waals surface area contributed by atoms with E-state index in [1.807, 2.05) is 31.2 Å². The highest BCUT2D eigenvalue weighted by molar-refractivity contribution is 5.49. The maximum Gasteiger partial charge on any atom is 0.167 e. The molecule has 0 aliphatic rings. The van der Waals surface area contributed by atoms with Crippen molar-refractivity contribution < 1.29 is 13.9 Å². The molecule has 0 amide bonds. The average Bonchev–Trinajstić information content (AvgIpc) is 2.47. The molecule has 0 fully saturated rings. The molecule has 0 aromatic heterocycles. The van der Waals surface area contributed by atoms with E-state index in [-0.39, 0.29) is 17.6 Å². The minimum atomic E-state index is -0.376. The molecule has 2 aromatic rings. The number of nitrogens with one attached hydrogen (secondary N) is 1. The van der Waals surface area contributed by atoms with E-state index in [1.54, 1.807) is 19.2 Å². The minimum Gasteiger partial charge on any atom is -0.497 e. The van der Waals surface area contributed by atoms with Crippen molar-refractivity contribution in [3.63, 3.8) is 0 Å². The summed E-state index contributed by atoms with van der Waals surface area (Å²) in [6.07, 6.45) is 0. The van der Waals surface area contributed by atoms with Crippen molar-refractivity contribution in [1.82, 2.24) is 0 Å². The molecule has 2 aromatic carbocycles. The second kappa shape index (κ2) is 6.28. The number of rotatable bonds is 5. The lowest BCUT2D eigenvalue weighted by Gasteiger charge is -2.16. The maximum absolute atomic E-state index is 13.6. The van der Waals surface area contributed by atoms with Crippen LogP contribution in [0.2, 0.25) is 0 Å². The molecule has 0 saturated carbocycles. The van der Waals surface area contributed by atoms with Crippen molar-refractivity contribution in [3.05, 3.63) is 53.8 Å². The van der Waals surface area contributed by atoms with E-state index < -0.39 is 0 Å². The molecule has 0 saturated heterocycles. The zero-order chi connectivity index (χ0) is 14.5. The molecule has 4 heteroatoms. The Hall–Kier alpha value is -2.23. The van der Waals surface area contributed by atoms with Gasteiger partial charge in [0, 0.05) is 17.8 Å². The topological polar surface area (TPSA) is 30.5 Å². The van der Waals surface area contributed by atoms with Crippen LogP contribution < -0.4 is 14.8 Å². The van der Waals surface area contributed by atoms with Gasteiger partial charge in [0.2, 0.25) is 0 Å². The first-order valence-electron chi connectivity index (χ1n) is 6.38. The van der Waals surface area contributed by atoms with Crippen LogP contribution in [0.1, 0.15) is 18.5 Å². The Morgan fingerprint density at radius 1 is 1.00 bits per heavy atom. The number of anilines is 1. The third kappa shape index (κ3) is 3.20. The smallest absolute Gasteiger partial charge is 0.167 e. The summed E-state index contributed by atoms with van der Waals surface area (Å²) < 4.78 is 23.6. The molecule has 0 radical (unpaired) electrons. The number of halogens is 1. The molecule has 0 bridgehead atoms. The van der Waals surface area contributed by atoms with Gasteiger partial charge in [0.15, 0.2) is 11.6 Å². The van der Waals surface area contributed by atoms with E-state index >= 15 is 0 Å². The fourth-order valence-corrected chi connectivity index (χ4v) is 1.98. The van der Waals surface area contributed by atoms with Gasteiger partial charge in [0.25, 0.3) is 0 Å². The summed E-state index contributed by atoms with van der Waals surface area (Å²) in [5.74, 6) is 0.684. The maximum atomic E-state index is 13.6. The molecule has 2 rings (SSSR count). The van der Waals surface area contributed by atoms with Crippen LogP contribution in [0.25, 0.3) is 0 Å². The second-order valence-corrected chi connectivity index (χ2v) is 4.49. The van der Waals surface area contributed by atoms with Gasteiger partial charge in [-0.3, -0.25) is 0 Å². The zero-order valence-electron chi connectivity index (χ0n) is 11.8. The zero-order valence-corrected chi connectivity index (χ0v) is 11.8. The van der Waals surface area contributed by atoms with Crippen LogP contribution in [0.15, 0.2) is 42.5 Å². The van der Waals surface area contributed by atoms with Crippen molar-refractivity contribution in [3.8, 4) is 11.5 Å². The Labute approximate surface area is 118 Å². The van der Waals surface area contributed by atoms with E-state index in [4.69, 9.17) is 9.47 Å². The van der Waals surface area contributed by atoms with Gasteiger partial charge >= 0.3 is 0 Å². The summed E-state index contributed by atoms with van der Waals surface area (Å²) in [6, 6.07) is 12.7. The van der Waals surface area contributed by atoms with Gasteiger partial charge < -0.3 is 14.8 Å². The van der Waals surface area contributed by atoms with Crippen LogP contribution in [-0.4, -0.2) is 14.2 Å². The average molecular weight is 275 g/mol. The van der Waals surface area contributed by atoms with E-state index in [1.165, 1.54) is 13.2 Å². The third-order valence-electron chi connectivity index (χ3n) is 3.15. The standard InChI is InChI=1S/C16H18FNO2/c1-11(12-4-7-14(19-2)8-5-12)18-13-6-9-16(20-3)15(17)10-13/h4-11,18H,1-3H3. The van der Waals surface area contributed by atoms with Crippen molar-refractivity contribution in [2.45, 2.75) is 13.0 Å². The first-order valence-corrected chi connectivity index (χ1v) is 6.38. The van der Waals surface area contributed by atoms with Crippen LogP contribution in [0.5, 0.6) is 11.5 Å². The van der Waals surface area contributed by atoms with Crippen LogP contribution in [0.4, 0.5) is 10.1 Å². The quantitative estimate of drug-likeness (QED) is 0.894. The number of hydrogen-bond donors (Lipinski definition) is 1. The number of benzene rings is 2. The molecular weight excluding hydrogens is 257 g/mol. The van der Waals surface area contributed by atoms with Gasteiger partial charge in [-0.25, -0.2) is 4.39 Å². The van der Waals surface area contributed by atoms with Crippen LogP contribution >= 0.6 is 0 Å². The predicted molar refractivity (Wildman–Crippen MR) is 78.0 cm³/mol. The highest BCUT2D eigenvalue weighted by Crippen LogP contribution is 2.25. The predicted octanol–water partition coefficient (Wildman–Crippen LogP) is 4.02. The van der Waals surface area contributed by atoms with Crippen LogP contribution in [0.3, 0.4) is 0 Å². The van der Waals surface area contributed by atoms with Crippen molar-refractivity contribution in [1.29, 1.82) is 0 Å². The molecule has 20 heavy (non-hydrogen) atoms. The monoisotopic (exact) mass is 275 g/mol. The van der Waals surface area contributed by atoms with Crippen LogP contribution in [-0.2, 0) is 0 Å². The number of ether oxygens (including phenoxy) is 2. The van der Waals surface area contributed by atoms with Gasteiger partial charge in [-0.2, -0.15) is 0 Å². The lowest BCUT2D eigenvalue weighted by atomic mass is 10.1. The molecule has 0 spiro atoms. The Kier molecular flexibility index (Phi) is 4.45. The summed E-state index contributed by atoms with van der Waals surface area (Å²) in [5.41, 5.74) is 1.81. The van der Waals surface area contributed by atoms with Gasteiger partial charge in [0.05, 0.1) is 14.2 Å². The molecule has 1 unspecified atom stereocenters. The SMILES string of the molecule is COc1ccc(C(C)Nc2ccc(OC)c(F)c2)cc1. The first-order chi connectivity index (χ1) is 9.63. The van der Waals surface area contributed by atoms with Crippen molar-refractivity contribution in [2.24, 2.45) is 0 Å². The lowest BCUT2D eigenvalue weighted by molar-refractivity contribution is 0.386. The van der Waals surface area contributed by atoms with Gasteiger partial charge in [-0.05, 0) is 36.8 Å². The molecule has 1 atom stereocenters. The van der Waals surface area contributed by atoms with Crippen molar-refractivity contribution >= 4 is 5.69 Å². The molecule has 0 aliphatic carbocycles. The molecule has 3 nitrogen and oxygen atoms in total. The molecule has 0 heterocycles.